The topological polar surface area (TPSA) is 58.3 Å². The third kappa shape index (κ3) is 5.93. The highest BCUT2D eigenvalue weighted by atomic mass is 16.2. The Labute approximate surface area is 185 Å². The predicted molar refractivity (Wildman–Crippen MR) is 125 cm³/mol. The van der Waals surface area contributed by atoms with Crippen LogP contribution in [0.25, 0.3) is 0 Å². The molecular formula is C25H36N4O2+2. The summed E-state index contributed by atoms with van der Waals surface area (Å²) < 4.78 is 0. The fourth-order valence-electron chi connectivity index (χ4n) is 4.39. The molecule has 0 radical (unpaired) electrons. The lowest BCUT2D eigenvalue weighted by Gasteiger charge is -2.34. The maximum Gasteiger partial charge on any atom is 0.284 e. The van der Waals surface area contributed by atoms with Crippen molar-refractivity contribution in [2.24, 2.45) is 0 Å². The lowest BCUT2D eigenvalue weighted by molar-refractivity contribution is -1.01. The van der Waals surface area contributed by atoms with Crippen molar-refractivity contribution in [3.05, 3.63) is 60.2 Å². The summed E-state index contributed by atoms with van der Waals surface area (Å²) in [6.07, 6.45) is 0.898. The Bertz CT molecular complexity index is 863. The van der Waals surface area contributed by atoms with E-state index in [0.29, 0.717) is 13.1 Å². The predicted octanol–water partition coefficient (Wildman–Crippen LogP) is 0.413. The monoisotopic (exact) mass is 424 g/mol. The molecule has 166 valence electrons. The van der Waals surface area contributed by atoms with Crippen molar-refractivity contribution in [1.82, 2.24) is 0 Å². The highest BCUT2D eigenvalue weighted by Gasteiger charge is 2.34. The maximum atomic E-state index is 13.1. The van der Waals surface area contributed by atoms with Crippen molar-refractivity contribution in [1.29, 1.82) is 0 Å². The van der Waals surface area contributed by atoms with Crippen LogP contribution >= 0.6 is 0 Å². The van der Waals surface area contributed by atoms with Crippen molar-refractivity contribution in [3.63, 3.8) is 0 Å². The van der Waals surface area contributed by atoms with Crippen LogP contribution in [0.4, 0.5) is 11.4 Å². The summed E-state index contributed by atoms with van der Waals surface area (Å²) in [6, 6.07) is 17.8. The standard InChI is InChI=1S/C25H34N4O2/c1-4-21-11-9-10-14-23(21)26-24(30)19-27-15-17-28(18-16-27)20(3)25(31)29(5-2)22-12-7-6-8-13-22/h6-14,20H,4-5,15-19H2,1-3H3,(H,26,30)/p+2/t20-/m0/s1. The molecule has 6 heteroatoms. The first kappa shape index (κ1) is 23.0. The molecule has 0 spiro atoms. The molecule has 2 amide bonds. The van der Waals surface area contributed by atoms with Gasteiger partial charge in [-0.25, -0.2) is 0 Å². The first-order valence-corrected chi connectivity index (χ1v) is 11.5. The lowest BCUT2D eigenvalue weighted by atomic mass is 10.1. The average Bonchev–Trinajstić information content (AvgIpc) is 2.80. The van der Waals surface area contributed by atoms with E-state index in [-0.39, 0.29) is 17.9 Å². The lowest BCUT2D eigenvalue weighted by Crippen LogP contribution is -3.30. The molecule has 1 fully saturated rings. The Hall–Kier alpha value is -2.70. The molecule has 1 aliphatic rings. The highest BCUT2D eigenvalue weighted by Crippen LogP contribution is 2.15. The molecule has 6 nitrogen and oxygen atoms in total. The zero-order valence-corrected chi connectivity index (χ0v) is 19.0. The van der Waals surface area contributed by atoms with Crippen LogP contribution in [0.5, 0.6) is 0 Å². The molecule has 1 aliphatic heterocycles. The number of likely N-dealkylation sites (N-methyl/N-ethyl adjacent to an activating group) is 1. The molecule has 0 saturated carbocycles. The first-order valence-electron chi connectivity index (χ1n) is 11.5. The number of aryl methyl sites for hydroxylation is 1. The molecule has 1 heterocycles. The van der Waals surface area contributed by atoms with Gasteiger partial charge in [0.1, 0.15) is 26.2 Å². The number of amides is 2. The molecule has 0 unspecified atom stereocenters. The van der Waals surface area contributed by atoms with Gasteiger partial charge >= 0.3 is 0 Å². The molecule has 0 aliphatic carbocycles. The Morgan fingerprint density at radius 3 is 2.26 bits per heavy atom. The normalized spacial score (nSPS) is 19.5. The van der Waals surface area contributed by atoms with Crippen molar-refractivity contribution < 1.29 is 19.4 Å². The minimum Gasteiger partial charge on any atom is -0.321 e. The van der Waals surface area contributed by atoms with Crippen LogP contribution in [-0.2, 0) is 16.0 Å². The smallest absolute Gasteiger partial charge is 0.284 e. The van der Waals surface area contributed by atoms with Crippen LogP contribution in [0, 0.1) is 0 Å². The van der Waals surface area contributed by atoms with Crippen LogP contribution in [-0.4, -0.2) is 57.1 Å². The van der Waals surface area contributed by atoms with Crippen LogP contribution in [0.15, 0.2) is 54.6 Å². The largest absolute Gasteiger partial charge is 0.321 e. The summed E-state index contributed by atoms with van der Waals surface area (Å²) in [5.41, 5.74) is 3.03. The van der Waals surface area contributed by atoms with Crippen LogP contribution < -0.4 is 20.0 Å². The Kier molecular flexibility index (Phi) is 8.20. The minimum atomic E-state index is -0.0908. The van der Waals surface area contributed by atoms with E-state index in [1.54, 1.807) is 0 Å². The number of carbonyl (C=O) groups is 2. The summed E-state index contributed by atoms with van der Waals surface area (Å²) >= 11 is 0. The number of nitrogens with one attached hydrogen (secondary N) is 3. The number of rotatable bonds is 8. The fraction of sp³-hybridized carbons (Fsp3) is 0.440. The summed E-state index contributed by atoms with van der Waals surface area (Å²) in [5.74, 6) is 0.228. The zero-order valence-electron chi connectivity index (χ0n) is 19.0. The van der Waals surface area contributed by atoms with Gasteiger partial charge in [-0.3, -0.25) is 9.59 Å². The van der Waals surface area contributed by atoms with Crippen LogP contribution in [0.3, 0.4) is 0 Å². The van der Waals surface area contributed by atoms with Gasteiger partial charge in [-0.1, -0.05) is 43.3 Å². The summed E-state index contributed by atoms with van der Waals surface area (Å²) in [4.78, 5) is 30.1. The van der Waals surface area contributed by atoms with Crippen molar-refractivity contribution >= 4 is 23.2 Å². The molecule has 2 aromatic carbocycles. The second kappa shape index (κ2) is 11.1. The van der Waals surface area contributed by atoms with E-state index in [9.17, 15) is 9.59 Å². The van der Waals surface area contributed by atoms with Gasteiger partial charge in [-0.15, -0.1) is 0 Å². The third-order valence-corrected chi connectivity index (χ3v) is 6.32. The number of anilines is 2. The Morgan fingerprint density at radius 1 is 0.968 bits per heavy atom. The Morgan fingerprint density at radius 2 is 1.61 bits per heavy atom. The van der Waals surface area contributed by atoms with Gasteiger partial charge < -0.3 is 20.0 Å². The number of carbonyl (C=O) groups excluding carboxylic acids is 2. The molecule has 0 aromatic heterocycles. The summed E-state index contributed by atoms with van der Waals surface area (Å²) in [5, 5.41) is 3.07. The third-order valence-electron chi connectivity index (χ3n) is 6.32. The molecule has 1 saturated heterocycles. The number of hydrogen-bond donors (Lipinski definition) is 3. The molecule has 2 aromatic rings. The van der Waals surface area contributed by atoms with E-state index in [4.69, 9.17) is 0 Å². The van der Waals surface area contributed by atoms with E-state index in [0.717, 1.165) is 49.5 Å². The van der Waals surface area contributed by atoms with Gasteiger partial charge in [-0.2, -0.15) is 0 Å². The molecule has 1 atom stereocenters. The van der Waals surface area contributed by atoms with Crippen molar-refractivity contribution in [3.8, 4) is 0 Å². The van der Waals surface area contributed by atoms with Crippen molar-refractivity contribution in [2.45, 2.75) is 33.2 Å². The van der Waals surface area contributed by atoms with E-state index in [2.05, 4.69) is 18.3 Å². The van der Waals surface area contributed by atoms with Gasteiger partial charge in [0.25, 0.3) is 11.8 Å². The zero-order chi connectivity index (χ0) is 22.2. The molecule has 3 N–H and O–H groups in total. The summed E-state index contributed by atoms with van der Waals surface area (Å²) in [6.45, 7) is 10.9. The second-order valence-electron chi connectivity index (χ2n) is 8.28. The van der Waals surface area contributed by atoms with E-state index >= 15 is 0 Å². The van der Waals surface area contributed by atoms with Crippen LogP contribution in [0.1, 0.15) is 26.3 Å². The van der Waals surface area contributed by atoms with Gasteiger partial charge in [0.2, 0.25) is 0 Å². The number of nitrogens with zero attached hydrogens (tertiary/aromatic N) is 1. The van der Waals surface area contributed by atoms with E-state index in [1.807, 2.05) is 67.3 Å². The fourth-order valence-corrected chi connectivity index (χ4v) is 4.39. The second-order valence-corrected chi connectivity index (χ2v) is 8.28. The average molecular weight is 425 g/mol. The molecule has 3 rings (SSSR count). The maximum absolute atomic E-state index is 13.1. The minimum absolute atomic E-state index is 0.0599. The number of piperazine rings is 1. The van der Waals surface area contributed by atoms with E-state index < -0.39 is 0 Å². The molecule has 31 heavy (non-hydrogen) atoms. The number of para-hydroxylation sites is 2. The number of quaternary nitrogens is 2. The quantitative estimate of drug-likeness (QED) is 0.575. The molecular weight excluding hydrogens is 388 g/mol. The number of benzene rings is 2. The van der Waals surface area contributed by atoms with E-state index in [1.165, 1.54) is 9.80 Å². The number of hydrogen-bond acceptors (Lipinski definition) is 2. The van der Waals surface area contributed by atoms with Gasteiger partial charge in [0.05, 0.1) is 0 Å². The summed E-state index contributed by atoms with van der Waals surface area (Å²) in [7, 11) is 0. The van der Waals surface area contributed by atoms with Crippen molar-refractivity contribution in [2.75, 3.05) is 49.5 Å². The molecule has 0 bridgehead atoms. The Balaban J connectivity index is 1.50. The van der Waals surface area contributed by atoms with Gasteiger partial charge in [0, 0.05) is 17.9 Å². The van der Waals surface area contributed by atoms with Gasteiger partial charge in [-0.05, 0) is 44.0 Å². The SMILES string of the molecule is CCc1ccccc1NC(=O)C[NH+]1CC[NH+]([C@@H](C)C(=O)N(CC)c2ccccc2)CC1. The highest BCUT2D eigenvalue weighted by molar-refractivity contribution is 5.96. The van der Waals surface area contributed by atoms with Gasteiger partial charge in [0.15, 0.2) is 12.6 Å². The first-order chi connectivity index (χ1) is 15.0. The van der Waals surface area contributed by atoms with Crippen LogP contribution in [0.2, 0.25) is 0 Å².